The number of anilines is 1. The summed E-state index contributed by atoms with van der Waals surface area (Å²) in [7, 11) is -1.81. The van der Waals surface area contributed by atoms with Crippen LogP contribution in [0.15, 0.2) is 29.9 Å². The average molecular weight is 388 g/mol. The molecule has 3 fully saturated rings. The highest BCUT2D eigenvalue weighted by Crippen LogP contribution is 2.38. The highest BCUT2D eigenvalue weighted by atomic mass is 32.2. The maximum Gasteiger partial charge on any atom is 0.277 e. The summed E-state index contributed by atoms with van der Waals surface area (Å²) in [4.78, 5) is 15.3. The third kappa shape index (κ3) is 2.84. The second kappa shape index (κ2) is 6.27. The van der Waals surface area contributed by atoms with E-state index in [0.717, 1.165) is 24.6 Å². The van der Waals surface area contributed by atoms with Crippen LogP contribution >= 0.6 is 0 Å². The molecule has 1 saturated carbocycles. The Balaban J connectivity index is 1.29. The van der Waals surface area contributed by atoms with Gasteiger partial charge in [-0.25, -0.2) is 23.4 Å². The fourth-order valence-electron chi connectivity index (χ4n) is 4.51. The van der Waals surface area contributed by atoms with Gasteiger partial charge in [0.15, 0.2) is 0 Å². The van der Waals surface area contributed by atoms with Gasteiger partial charge in [-0.2, -0.15) is 4.31 Å². The van der Waals surface area contributed by atoms with Crippen molar-refractivity contribution in [3.63, 3.8) is 0 Å². The fourth-order valence-corrected chi connectivity index (χ4v) is 6.14. The Hall–Kier alpha value is -2.00. The molecule has 2 aromatic rings. The van der Waals surface area contributed by atoms with E-state index in [2.05, 4.69) is 25.9 Å². The van der Waals surface area contributed by atoms with E-state index in [9.17, 15) is 8.42 Å². The normalized spacial score (nSPS) is 26.3. The number of aromatic nitrogens is 4. The van der Waals surface area contributed by atoms with Crippen LogP contribution in [0.25, 0.3) is 0 Å². The lowest BCUT2D eigenvalue weighted by molar-refractivity contribution is 0.410. The van der Waals surface area contributed by atoms with Gasteiger partial charge in [0.25, 0.3) is 10.0 Å². The molecule has 0 radical (unpaired) electrons. The molecular formula is C18H24N6O2S. The molecule has 0 spiro atoms. The van der Waals surface area contributed by atoms with Gasteiger partial charge in [-0.05, 0) is 24.7 Å². The van der Waals surface area contributed by atoms with E-state index in [0.29, 0.717) is 30.8 Å². The lowest BCUT2D eigenvalue weighted by Crippen LogP contribution is -2.34. The summed E-state index contributed by atoms with van der Waals surface area (Å²) in [6.45, 7) is 2.80. The van der Waals surface area contributed by atoms with Crippen molar-refractivity contribution in [3.05, 3.63) is 30.5 Å². The zero-order chi connectivity index (χ0) is 18.6. The molecule has 0 aromatic carbocycles. The lowest BCUT2D eigenvalue weighted by Gasteiger charge is -2.26. The summed E-state index contributed by atoms with van der Waals surface area (Å²) in [5.41, 5.74) is 1.15. The summed E-state index contributed by atoms with van der Waals surface area (Å²) >= 11 is 0. The lowest BCUT2D eigenvalue weighted by atomic mass is 9.83. The van der Waals surface area contributed by atoms with Crippen LogP contribution < -0.4 is 4.90 Å². The molecule has 9 heteroatoms. The second-order valence-corrected chi connectivity index (χ2v) is 9.83. The maximum absolute atomic E-state index is 12.9. The molecule has 3 aliphatic rings. The number of hydrogen-bond donors (Lipinski definition) is 0. The smallest absolute Gasteiger partial charge is 0.277 e. The third-order valence-corrected chi connectivity index (χ3v) is 8.15. The Morgan fingerprint density at radius 1 is 1.04 bits per heavy atom. The molecule has 27 heavy (non-hydrogen) atoms. The molecule has 4 heterocycles. The van der Waals surface area contributed by atoms with Gasteiger partial charge >= 0.3 is 0 Å². The van der Waals surface area contributed by atoms with Crippen molar-refractivity contribution in [2.45, 2.75) is 30.3 Å². The van der Waals surface area contributed by atoms with Crippen LogP contribution in [0.5, 0.6) is 0 Å². The van der Waals surface area contributed by atoms with E-state index in [4.69, 9.17) is 0 Å². The van der Waals surface area contributed by atoms with Gasteiger partial charge < -0.3 is 9.47 Å². The highest BCUT2D eigenvalue weighted by Gasteiger charge is 2.45. The van der Waals surface area contributed by atoms with Gasteiger partial charge in [-0.15, -0.1) is 0 Å². The highest BCUT2D eigenvalue weighted by molar-refractivity contribution is 7.89. The van der Waals surface area contributed by atoms with Crippen molar-refractivity contribution in [2.75, 3.05) is 31.1 Å². The topological polar surface area (TPSA) is 84.2 Å². The molecule has 2 atom stereocenters. The first-order valence-corrected chi connectivity index (χ1v) is 11.0. The Morgan fingerprint density at radius 3 is 2.37 bits per heavy atom. The summed E-state index contributed by atoms with van der Waals surface area (Å²) in [5, 5.41) is 0.125. The van der Waals surface area contributed by atoms with E-state index >= 15 is 0 Å². The van der Waals surface area contributed by atoms with E-state index < -0.39 is 10.0 Å². The summed E-state index contributed by atoms with van der Waals surface area (Å²) in [6, 6.07) is 2.13. The second-order valence-electron chi connectivity index (χ2n) is 8.00. The van der Waals surface area contributed by atoms with Crippen molar-refractivity contribution in [1.29, 1.82) is 0 Å². The molecule has 2 aliphatic heterocycles. The van der Waals surface area contributed by atoms with Gasteiger partial charge in [-0.3, -0.25) is 0 Å². The molecule has 8 nitrogen and oxygen atoms in total. The SMILES string of the molecule is Cn1ccnc1S(=O)(=O)N1CC2CN(c3cc(C4CCC4)ncn3)CC2C1. The molecule has 144 valence electrons. The van der Waals surface area contributed by atoms with Crippen LogP contribution in [0.3, 0.4) is 0 Å². The zero-order valence-corrected chi connectivity index (χ0v) is 16.2. The quantitative estimate of drug-likeness (QED) is 0.783. The largest absolute Gasteiger partial charge is 0.356 e. The molecule has 0 N–H and O–H groups in total. The molecule has 0 bridgehead atoms. The van der Waals surface area contributed by atoms with E-state index in [1.54, 1.807) is 28.4 Å². The van der Waals surface area contributed by atoms with Crippen molar-refractivity contribution in [1.82, 2.24) is 23.8 Å². The van der Waals surface area contributed by atoms with Gasteiger partial charge in [0.2, 0.25) is 5.16 Å². The first kappa shape index (κ1) is 17.1. The summed E-state index contributed by atoms with van der Waals surface area (Å²) < 4.78 is 28.9. The van der Waals surface area contributed by atoms with Crippen LogP contribution in [-0.2, 0) is 17.1 Å². The first-order valence-electron chi connectivity index (χ1n) is 9.57. The summed E-state index contributed by atoms with van der Waals surface area (Å²) in [5.74, 6) is 2.25. The van der Waals surface area contributed by atoms with Crippen molar-refractivity contribution >= 4 is 15.8 Å². The predicted octanol–water partition coefficient (Wildman–Crippen LogP) is 1.23. The average Bonchev–Trinajstić information content (AvgIpc) is 3.27. The van der Waals surface area contributed by atoms with Crippen LogP contribution in [0, 0.1) is 11.8 Å². The van der Waals surface area contributed by atoms with Crippen LogP contribution in [0.4, 0.5) is 5.82 Å². The van der Waals surface area contributed by atoms with Crippen molar-refractivity contribution < 1.29 is 8.42 Å². The minimum Gasteiger partial charge on any atom is -0.356 e. The van der Waals surface area contributed by atoms with Crippen LogP contribution in [-0.4, -0.2) is 58.4 Å². The summed E-state index contributed by atoms with van der Waals surface area (Å²) in [6.07, 6.45) is 8.61. The molecule has 2 saturated heterocycles. The predicted molar refractivity (Wildman–Crippen MR) is 99.8 cm³/mol. The zero-order valence-electron chi connectivity index (χ0n) is 15.4. The van der Waals surface area contributed by atoms with Crippen LogP contribution in [0.2, 0.25) is 0 Å². The number of rotatable bonds is 4. The van der Waals surface area contributed by atoms with Crippen LogP contribution in [0.1, 0.15) is 30.9 Å². The Morgan fingerprint density at radius 2 is 1.78 bits per heavy atom. The van der Waals surface area contributed by atoms with E-state index in [-0.39, 0.29) is 5.16 Å². The van der Waals surface area contributed by atoms with Crippen molar-refractivity contribution in [2.24, 2.45) is 18.9 Å². The Bertz CT molecular complexity index is 940. The molecular weight excluding hydrogens is 364 g/mol. The van der Waals surface area contributed by atoms with E-state index in [1.807, 2.05) is 0 Å². The van der Waals surface area contributed by atoms with E-state index in [1.165, 1.54) is 25.5 Å². The van der Waals surface area contributed by atoms with Gasteiger partial charge in [-0.1, -0.05) is 6.42 Å². The van der Waals surface area contributed by atoms with Gasteiger partial charge in [0.1, 0.15) is 12.1 Å². The molecule has 2 unspecified atom stereocenters. The third-order valence-electron chi connectivity index (χ3n) is 6.32. The standard InChI is InChI=1S/C18H24N6O2S/c1-22-6-5-19-18(22)27(25,26)24-10-14-8-23(9-15(14)11-24)17-7-16(20-12-21-17)13-3-2-4-13/h5-7,12-15H,2-4,8-11H2,1H3. The number of nitrogens with zero attached hydrogens (tertiary/aromatic N) is 6. The number of sulfonamides is 1. The number of fused-ring (bicyclic) bond motifs is 1. The Labute approximate surface area is 159 Å². The minimum absolute atomic E-state index is 0.125. The minimum atomic E-state index is -3.52. The number of aryl methyl sites for hydroxylation is 1. The Kier molecular flexibility index (Phi) is 3.98. The molecule has 0 amide bonds. The monoisotopic (exact) mass is 388 g/mol. The number of imidazole rings is 1. The number of hydrogen-bond acceptors (Lipinski definition) is 6. The molecule has 2 aromatic heterocycles. The fraction of sp³-hybridized carbons (Fsp3) is 0.611. The van der Waals surface area contributed by atoms with Gasteiger partial charge in [0.05, 0.1) is 0 Å². The first-order chi connectivity index (χ1) is 13.0. The van der Waals surface area contributed by atoms with Crippen molar-refractivity contribution in [3.8, 4) is 0 Å². The molecule has 5 rings (SSSR count). The molecule has 1 aliphatic carbocycles. The van der Waals surface area contributed by atoms with Gasteiger partial charge in [0, 0.05) is 63.3 Å². The maximum atomic E-state index is 12.9.